The van der Waals surface area contributed by atoms with Crippen molar-refractivity contribution in [2.45, 2.75) is 19.9 Å². The number of nitrogens with one attached hydrogen (secondary N) is 1. The Kier molecular flexibility index (Phi) is 4.82. The van der Waals surface area contributed by atoms with Crippen LogP contribution in [0.5, 0.6) is 0 Å². The molecule has 0 atom stereocenters. The molecule has 8 heteroatoms. The highest BCUT2D eigenvalue weighted by atomic mass is 16.5. The SMILES string of the molecule is COC(=O)c1cn(-c2ccc3c(c2)nc(C)n3CCc2ccccc2)cc2c(=O)[nH]nc1-2. The predicted octanol–water partition coefficient (Wildman–Crippen LogP) is 3.35. The Hall–Kier alpha value is -4.20. The molecule has 0 saturated heterocycles. The Labute approximate surface area is 183 Å². The third-order valence-corrected chi connectivity index (χ3v) is 5.65. The van der Waals surface area contributed by atoms with E-state index in [0.29, 0.717) is 11.3 Å². The number of imidazole rings is 1. The normalized spacial score (nSPS) is 11.3. The monoisotopic (exact) mass is 427 g/mol. The first-order valence-electron chi connectivity index (χ1n) is 10.2. The van der Waals surface area contributed by atoms with E-state index in [1.54, 1.807) is 17.0 Å². The van der Waals surface area contributed by atoms with Gasteiger partial charge in [0, 0.05) is 24.6 Å². The van der Waals surface area contributed by atoms with Crippen molar-refractivity contribution in [1.29, 1.82) is 0 Å². The summed E-state index contributed by atoms with van der Waals surface area (Å²) in [6.45, 7) is 2.82. The van der Waals surface area contributed by atoms with E-state index in [1.807, 2.05) is 43.3 Å². The summed E-state index contributed by atoms with van der Waals surface area (Å²) < 4.78 is 8.80. The number of nitrogens with zero attached hydrogens (tertiary/aromatic N) is 4. The number of hydrogen-bond donors (Lipinski definition) is 1. The lowest BCUT2D eigenvalue weighted by atomic mass is 10.1. The van der Waals surface area contributed by atoms with Gasteiger partial charge in [0.2, 0.25) is 0 Å². The van der Waals surface area contributed by atoms with Gasteiger partial charge in [-0.25, -0.2) is 14.9 Å². The molecule has 1 aromatic heterocycles. The molecule has 0 aliphatic carbocycles. The number of carbonyl (C=O) groups excluding carboxylic acids is 1. The maximum absolute atomic E-state index is 12.3. The molecule has 0 fully saturated rings. The van der Waals surface area contributed by atoms with E-state index >= 15 is 0 Å². The van der Waals surface area contributed by atoms with E-state index < -0.39 is 5.97 Å². The molecule has 0 spiro atoms. The van der Waals surface area contributed by atoms with Gasteiger partial charge in [-0.05, 0) is 37.1 Å². The van der Waals surface area contributed by atoms with Gasteiger partial charge in [-0.2, -0.15) is 5.10 Å². The van der Waals surface area contributed by atoms with Crippen molar-refractivity contribution in [2.24, 2.45) is 0 Å². The van der Waals surface area contributed by atoms with Crippen molar-refractivity contribution >= 4 is 17.0 Å². The Bertz CT molecular complexity index is 1460. The predicted molar refractivity (Wildman–Crippen MR) is 120 cm³/mol. The smallest absolute Gasteiger partial charge is 0.341 e. The largest absolute Gasteiger partial charge is 0.465 e. The third-order valence-electron chi connectivity index (χ3n) is 5.65. The highest BCUT2D eigenvalue weighted by Crippen LogP contribution is 2.25. The van der Waals surface area contributed by atoms with Crippen molar-refractivity contribution in [1.82, 2.24) is 24.3 Å². The van der Waals surface area contributed by atoms with Crippen molar-refractivity contribution in [3.63, 3.8) is 0 Å². The molecule has 3 heterocycles. The van der Waals surface area contributed by atoms with Crippen LogP contribution in [0.15, 0.2) is 65.7 Å². The summed E-state index contributed by atoms with van der Waals surface area (Å²) in [4.78, 5) is 29.2. The molecule has 5 rings (SSSR count). The second kappa shape index (κ2) is 7.81. The van der Waals surface area contributed by atoms with Crippen LogP contribution in [0.4, 0.5) is 0 Å². The molecule has 0 unspecified atom stereocenters. The van der Waals surface area contributed by atoms with Crippen molar-refractivity contribution in [2.75, 3.05) is 7.11 Å². The highest BCUT2D eigenvalue weighted by Gasteiger charge is 2.22. The minimum Gasteiger partial charge on any atom is -0.465 e. The quantitative estimate of drug-likeness (QED) is 0.434. The van der Waals surface area contributed by atoms with Crippen LogP contribution in [-0.2, 0) is 17.7 Å². The van der Waals surface area contributed by atoms with Gasteiger partial charge in [0.15, 0.2) is 0 Å². The fourth-order valence-electron chi connectivity index (χ4n) is 4.01. The minimum atomic E-state index is -0.557. The molecule has 0 amide bonds. The topological polar surface area (TPSA) is 94.8 Å². The maximum atomic E-state index is 12.3. The lowest BCUT2D eigenvalue weighted by Crippen LogP contribution is -2.11. The zero-order chi connectivity index (χ0) is 22.2. The molecule has 1 N–H and O–H groups in total. The van der Waals surface area contributed by atoms with Gasteiger partial charge in [0.05, 0.1) is 23.7 Å². The lowest BCUT2D eigenvalue weighted by Gasteiger charge is -2.12. The number of H-pyrrole nitrogens is 1. The van der Waals surface area contributed by atoms with E-state index in [2.05, 4.69) is 26.9 Å². The summed E-state index contributed by atoms with van der Waals surface area (Å²) in [6.07, 6.45) is 4.19. The summed E-state index contributed by atoms with van der Waals surface area (Å²) in [5, 5.41) is 6.37. The van der Waals surface area contributed by atoms with E-state index in [0.717, 1.165) is 35.5 Å². The molecule has 0 saturated carbocycles. The Morgan fingerprint density at radius 1 is 1.12 bits per heavy atom. The van der Waals surface area contributed by atoms with Crippen LogP contribution < -0.4 is 5.56 Å². The molecule has 2 aromatic carbocycles. The number of fused-ring (bicyclic) bond motifs is 2. The van der Waals surface area contributed by atoms with Crippen LogP contribution in [0.2, 0.25) is 0 Å². The van der Waals surface area contributed by atoms with Gasteiger partial charge in [-0.15, -0.1) is 0 Å². The Morgan fingerprint density at radius 2 is 1.94 bits per heavy atom. The number of aromatic amines is 1. The van der Waals surface area contributed by atoms with Crippen molar-refractivity contribution in [3.05, 3.63) is 88.2 Å². The number of pyridine rings is 1. The zero-order valence-electron chi connectivity index (χ0n) is 17.7. The first-order chi connectivity index (χ1) is 15.5. The molecule has 2 aliphatic rings. The fourth-order valence-corrected chi connectivity index (χ4v) is 4.01. The van der Waals surface area contributed by atoms with E-state index in [9.17, 15) is 9.59 Å². The van der Waals surface area contributed by atoms with Crippen LogP contribution in [0.25, 0.3) is 28.0 Å². The van der Waals surface area contributed by atoms with Crippen LogP contribution >= 0.6 is 0 Å². The summed E-state index contributed by atoms with van der Waals surface area (Å²) in [7, 11) is 1.30. The van der Waals surface area contributed by atoms with E-state index in [1.165, 1.54) is 12.7 Å². The number of methoxy groups -OCH3 is 1. The number of esters is 1. The minimum absolute atomic E-state index is 0.216. The number of ether oxygens (including phenoxy) is 1. The number of aromatic nitrogens is 5. The molecule has 160 valence electrons. The molecule has 0 bridgehead atoms. The number of aryl methyl sites for hydroxylation is 3. The van der Waals surface area contributed by atoms with Gasteiger partial charge in [-0.3, -0.25) is 4.79 Å². The standard InChI is InChI=1S/C24H21N5O3/c1-15-25-20-12-17(8-9-21(20)29(15)11-10-16-6-4-3-5-7-16)28-13-18-22(26-27-23(18)30)19(14-28)24(31)32-2/h3-9,12-14H,10-11H2,1-2H3,(H,27,30). The van der Waals surface area contributed by atoms with E-state index in [4.69, 9.17) is 9.72 Å². The second-order valence-electron chi connectivity index (χ2n) is 7.61. The molecule has 2 aliphatic heterocycles. The zero-order valence-corrected chi connectivity index (χ0v) is 17.7. The van der Waals surface area contributed by atoms with Gasteiger partial charge in [-0.1, -0.05) is 30.3 Å². The summed E-state index contributed by atoms with van der Waals surface area (Å²) >= 11 is 0. The Balaban J connectivity index is 1.55. The summed E-state index contributed by atoms with van der Waals surface area (Å²) in [5.41, 5.74) is 4.39. The molecule has 32 heavy (non-hydrogen) atoms. The third kappa shape index (κ3) is 3.35. The number of rotatable bonds is 5. The molecule has 8 nitrogen and oxygen atoms in total. The average Bonchev–Trinajstić information content (AvgIpc) is 3.35. The van der Waals surface area contributed by atoms with Gasteiger partial charge in [0.1, 0.15) is 17.1 Å². The van der Waals surface area contributed by atoms with Gasteiger partial charge < -0.3 is 13.9 Å². The van der Waals surface area contributed by atoms with Gasteiger partial charge in [0.25, 0.3) is 5.56 Å². The Morgan fingerprint density at radius 3 is 2.72 bits per heavy atom. The van der Waals surface area contributed by atoms with Crippen molar-refractivity contribution < 1.29 is 9.53 Å². The maximum Gasteiger partial charge on any atom is 0.341 e. The van der Waals surface area contributed by atoms with Crippen LogP contribution in [0.3, 0.4) is 0 Å². The molecule has 3 aromatic rings. The fraction of sp³-hybridized carbons (Fsp3) is 0.167. The highest BCUT2D eigenvalue weighted by molar-refractivity contribution is 5.96. The summed E-state index contributed by atoms with van der Waals surface area (Å²) in [6, 6.07) is 16.3. The van der Waals surface area contributed by atoms with Crippen molar-refractivity contribution in [3.8, 4) is 16.9 Å². The van der Waals surface area contributed by atoms with Gasteiger partial charge >= 0.3 is 5.97 Å². The number of carbonyl (C=O) groups is 1. The number of hydrogen-bond acceptors (Lipinski definition) is 5. The van der Waals surface area contributed by atoms with E-state index in [-0.39, 0.29) is 11.1 Å². The van der Waals surface area contributed by atoms with Crippen LogP contribution in [0, 0.1) is 6.92 Å². The average molecular weight is 427 g/mol. The summed E-state index contributed by atoms with van der Waals surface area (Å²) in [5.74, 6) is 0.374. The van der Waals surface area contributed by atoms with Crippen LogP contribution in [0.1, 0.15) is 21.7 Å². The first-order valence-corrected chi connectivity index (χ1v) is 10.2. The number of benzene rings is 2. The first kappa shape index (κ1) is 19.7. The lowest BCUT2D eigenvalue weighted by molar-refractivity contribution is 0.0600. The second-order valence-corrected chi connectivity index (χ2v) is 7.61. The van der Waals surface area contributed by atoms with Crippen LogP contribution in [-0.4, -0.2) is 37.4 Å². The molecule has 0 radical (unpaired) electrons. The molecular formula is C24H21N5O3. The molecular weight excluding hydrogens is 406 g/mol.